The first-order chi connectivity index (χ1) is 17.9. The molecule has 1 fully saturated rings. The van der Waals surface area contributed by atoms with Gasteiger partial charge in [0.1, 0.15) is 17.6 Å². The predicted octanol–water partition coefficient (Wildman–Crippen LogP) is 5.88. The second kappa shape index (κ2) is 9.63. The molecule has 2 unspecified atom stereocenters. The van der Waals surface area contributed by atoms with Gasteiger partial charge in [-0.15, -0.1) is 0 Å². The van der Waals surface area contributed by atoms with Gasteiger partial charge < -0.3 is 9.72 Å². The second-order valence-corrected chi connectivity index (χ2v) is 12.1. The maximum Gasteiger partial charge on any atom is 0.305 e. The number of thioether (sulfide) groups is 1. The highest BCUT2D eigenvalue weighted by molar-refractivity contribution is 9.10. The number of amides is 2. The Bertz CT molecular complexity index is 1580. The zero-order chi connectivity index (χ0) is 25.7. The molecule has 9 heteroatoms. The third kappa shape index (κ3) is 4.35. The zero-order valence-corrected chi connectivity index (χ0v) is 22.9. The molecule has 2 amide bonds. The molecule has 37 heavy (non-hydrogen) atoms. The highest BCUT2D eigenvalue weighted by Gasteiger charge is 2.56. The molecule has 2 aliphatic heterocycles. The fourth-order valence-electron chi connectivity index (χ4n) is 5.03. The number of hydrogen-bond acceptors (Lipinski definition) is 6. The van der Waals surface area contributed by atoms with E-state index in [0.717, 1.165) is 37.4 Å². The van der Waals surface area contributed by atoms with Crippen LogP contribution in [-0.4, -0.2) is 22.0 Å². The minimum absolute atomic E-state index is 0.203. The predicted molar refractivity (Wildman–Crippen MR) is 149 cm³/mol. The quantitative estimate of drug-likeness (QED) is 0.293. The van der Waals surface area contributed by atoms with Gasteiger partial charge in [-0.2, -0.15) is 0 Å². The Morgan fingerprint density at radius 1 is 0.973 bits per heavy atom. The van der Waals surface area contributed by atoms with Crippen LogP contribution in [0.1, 0.15) is 27.5 Å². The molecule has 2 aliphatic rings. The standard InChI is InChI=1S/C28H21BrN2O4S2/c1-15-5-4-6-16(13-15)14-35-20-8-3-2-7-19(20)21-22-24(36-25-23(21)37-28(34)30-25)27(33)31(26(22)32)18-11-9-17(29)10-12-18/h2-13,21-22,24H,14H2,1H3,(H,30,34)/t21-,22?,24?/m1/s1. The van der Waals surface area contributed by atoms with Crippen LogP contribution in [0.4, 0.5) is 5.69 Å². The number of ether oxygens (including phenoxy) is 1. The summed E-state index contributed by atoms with van der Waals surface area (Å²) in [6.45, 7) is 2.40. The lowest BCUT2D eigenvalue weighted by molar-refractivity contribution is -0.122. The minimum Gasteiger partial charge on any atom is -0.489 e. The van der Waals surface area contributed by atoms with Gasteiger partial charge in [0.25, 0.3) is 0 Å². The van der Waals surface area contributed by atoms with Gasteiger partial charge in [0.15, 0.2) is 0 Å². The van der Waals surface area contributed by atoms with Crippen molar-refractivity contribution in [3.63, 3.8) is 0 Å². The Labute approximate surface area is 229 Å². The molecule has 1 saturated heterocycles. The van der Waals surface area contributed by atoms with E-state index in [1.54, 1.807) is 12.1 Å². The first kappa shape index (κ1) is 24.2. The van der Waals surface area contributed by atoms with Crippen molar-refractivity contribution in [2.75, 3.05) is 4.90 Å². The van der Waals surface area contributed by atoms with Crippen molar-refractivity contribution in [1.82, 2.24) is 4.98 Å². The van der Waals surface area contributed by atoms with Crippen LogP contribution in [0.5, 0.6) is 5.75 Å². The van der Waals surface area contributed by atoms with Crippen molar-refractivity contribution in [1.29, 1.82) is 0 Å². The number of fused-ring (bicyclic) bond motifs is 2. The number of carbonyl (C=O) groups is 2. The summed E-state index contributed by atoms with van der Waals surface area (Å²) in [5, 5.41) is -0.00253. The highest BCUT2D eigenvalue weighted by atomic mass is 79.9. The monoisotopic (exact) mass is 592 g/mol. The Morgan fingerprint density at radius 3 is 2.54 bits per heavy atom. The third-order valence-corrected chi connectivity index (χ3v) is 9.57. The number of carbonyl (C=O) groups excluding carboxylic acids is 2. The summed E-state index contributed by atoms with van der Waals surface area (Å²) < 4.78 is 7.14. The van der Waals surface area contributed by atoms with E-state index in [-0.39, 0.29) is 16.7 Å². The highest BCUT2D eigenvalue weighted by Crippen LogP contribution is 2.54. The van der Waals surface area contributed by atoms with Crippen molar-refractivity contribution in [3.8, 4) is 5.75 Å². The number of aromatic nitrogens is 1. The lowest BCUT2D eigenvalue weighted by Gasteiger charge is -2.30. The third-order valence-electron chi connectivity index (χ3n) is 6.64. The van der Waals surface area contributed by atoms with Gasteiger partial charge in [-0.3, -0.25) is 14.4 Å². The molecule has 0 saturated carbocycles. The molecule has 0 radical (unpaired) electrons. The SMILES string of the molecule is Cc1cccc(COc2ccccc2[C@H]2c3sc(=O)[nH]c3SC3C(=O)N(c4ccc(Br)cc4)C(=O)C32)c1. The van der Waals surface area contributed by atoms with Crippen LogP contribution in [-0.2, 0) is 16.2 Å². The van der Waals surface area contributed by atoms with Crippen LogP contribution < -0.4 is 14.5 Å². The van der Waals surface area contributed by atoms with E-state index in [1.807, 2.05) is 61.5 Å². The van der Waals surface area contributed by atoms with E-state index in [0.29, 0.717) is 23.1 Å². The smallest absolute Gasteiger partial charge is 0.305 e. The average Bonchev–Trinajstić information content (AvgIpc) is 3.38. The molecule has 186 valence electrons. The normalized spacial score (nSPS) is 20.6. The Hall–Kier alpha value is -3.14. The molecule has 3 aromatic carbocycles. The first-order valence-electron chi connectivity index (χ1n) is 11.7. The van der Waals surface area contributed by atoms with Crippen LogP contribution in [0.15, 0.2) is 87.1 Å². The molecule has 6 nitrogen and oxygen atoms in total. The summed E-state index contributed by atoms with van der Waals surface area (Å²) in [6.07, 6.45) is 0. The number of hydrogen-bond donors (Lipinski definition) is 1. The molecular formula is C28H21BrN2O4S2. The van der Waals surface area contributed by atoms with E-state index >= 15 is 0 Å². The molecule has 0 spiro atoms. The van der Waals surface area contributed by atoms with Gasteiger partial charge in [0.05, 0.1) is 16.6 Å². The molecule has 3 heterocycles. The van der Waals surface area contributed by atoms with Crippen LogP contribution in [0.2, 0.25) is 0 Å². The summed E-state index contributed by atoms with van der Waals surface area (Å²) in [7, 11) is 0. The number of nitrogens with one attached hydrogen (secondary N) is 1. The summed E-state index contributed by atoms with van der Waals surface area (Å²) >= 11 is 5.78. The van der Waals surface area contributed by atoms with Gasteiger partial charge >= 0.3 is 4.87 Å². The first-order valence-corrected chi connectivity index (χ1v) is 14.2. The maximum absolute atomic E-state index is 13.9. The summed E-state index contributed by atoms with van der Waals surface area (Å²) in [4.78, 5) is 44.7. The van der Waals surface area contributed by atoms with E-state index in [9.17, 15) is 14.4 Å². The molecule has 3 atom stereocenters. The Kier molecular flexibility index (Phi) is 6.30. The number of benzene rings is 3. The van der Waals surface area contributed by atoms with Crippen LogP contribution in [0, 0.1) is 12.8 Å². The zero-order valence-electron chi connectivity index (χ0n) is 19.6. The van der Waals surface area contributed by atoms with Gasteiger partial charge in [-0.25, -0.2) is 4.90 Å². The average molecular weight is 594 g/mol. The van der Waals surface area contributed by atoms with E-state index in [4.69, 9.17) is 4.74 Å². The number of thiazole rings is 1. The number of H-pyrrole nitrogens is 1. The van der Waals surface area contributed by atoms with Crippen molar-refractivity contribution >= 4 is 56.5 Å². The number of para-hydroxylation sites is 1. The fraction of sp³-hybridized carbons (Fsp3) is 0.179. The number of aromatic amines is 1. The summed E-state index contributed by atoms with van der Waals surface area (Å²) in [5.74, 6) is -1.06. The number of aryl methyl sites for hydroxylation is 1. The van der Waals surface area contributed by atoms with E-state index < -0.39 is 17.1 Å². The number of halogens is 1. The van der Waals surface area contributed by atoms with Gasteiger partial charge in [0, 0.05) is 20.8 Å². The van der Waals surface area contributed by atoms with Gasteiger partial charge in [-0.1, -0.05) is 87.1 Å². The summed E-state index contributed by atoms with van der Waals surface area (Å²) in [6, 6.07) is 22.8. The van der Waals surface area contributed by atoms with E-state index in [2.05, 4.69) is 27.0 Å². The minimum atomic E-state index is -0.663. The van der Waals surface area contributed by atoms with Crippen LogP contribution in [0.3, 0.4) is 0 Å². The van der Waals surface area contributed by atoms with Gasteiger partial charge in [0.2, 0.25) is 11.8 Å². The number of nitrogens with zero attached hydrogens (tertiary/aromatic N) is 1. The molecular weight excluding hydrogens is 572 g/mol. The van der Waals surface area contributed by atoms with Crippen LogP contribution in [0.25, 0.3) is 0 Å². The molecule has 1 N–H and O–H groups in total. The lowest BCUT2D eigenvalue weighted by atomic mass is 9.82. The summed E-state index contributed by atoms with van der Waals surface area (Å²) in [5.41, 5.74) is 3.51. The Morgan fingerprint density at radius 2 is 1.76 bits per heavy atom. The van der Waals surface area contributed by atoms with Crippen LogP contribution >= 0.6 is 39.0 Å². The number of rotatable bonds is 5. The molecule has 0 bridgehead atoms. The lowest BCUT2D eigenvalue weighted by Crippen LogP contribution is -2.32. The molecule has 6 rings (SSSR count). The largest absolute Gasteiger partial charge is 0.489 e. The van der Waals surface area contributed by atoms with Crippen molar-refractivity contribution < 1.29 is 14.3 Å². The van der Waals surface area contributed by atoms with Crippen molar-refractivity contribution in [3.05, 3.63) is 109 Å². The molecule has 0 aliphatic carbocycles. The van der Waals surface area contributed by atoms with E-state index in [1.165, 1.54) is 16.7 Å². The second-order valence-electron chi connectivity index (χ2n) is 9.05. The maximum atomic E-state index is 13.9. The molecule has 4 aromatic rings. The van der Waals surface area contributed by atoms with Crippen molar-refractivity contribution in [2.24, 2.45) is 5.92 Å². The number of anilines is 1. The molecule has 1 aromatic heterocycles. The topological polar surface area (TPSA) is 79.5 Å². The Balaban J connectivity index is 1.42. The van der Waals surface area contributed by atoms with Gasteiger partial charge in [-0.05, 0) is 42.8 Å². The number of imide groups is 1. The van der Waals surface area contributed by atoms with Crippen molar-refractivity contribution in [2.45, 2.75) is 29.7 Å². The fourth-order valence-corrected chi connectivity index (χ4v) is 7.80.